The Hall–Kier alpha value is -2.89. The van der Waals surface area contributed by atoms with Crippen molar-refractivity contribution in [2.24, 2.45) is 0 Å². The van der Waals surface area contributed by atoms with Crippen LogP contribution in [0.5, 0.6) is 0 Å². The number of nitro groups is 2. The predicted octanol–water partition coefficient (Wildman–Crippen LogP) is 2.37. The number of hydrogen-bond donors (Lipinski definition) is 1. The first-order valence-corrected chi connectivity index (χ1v) is 9.41. The molecule has 1 saturated heterocycles. The molecule has 2 aromatic rings. The van der Waals surface area contributed by atoms with Crippen molar-refractivity contribution >= 4 is 28.6 Å². The van der Waals surface area contributed by atoms with Gasteiger partial charge in [0.1, 0.15) is 0 Å². The minimum Gasteiger partial charge on any atom is -0.379 e. The van der Waals surface area contributed by atoms with Crippen LogP contribution < -0.4 is 5.32 Å². The Kier molecular flexibility index (Phi) is 6.29. The maximum atomic E-state index is 12.6. The molecule has 2 heterocycles. The summed E-state index contributed by atoms with van der Waals surface area (Å²) in [5.41, 5.74) is -1.11. The highest BCUT2D eigenvalue weighted by Gasteiger charge is 2.25. The third-order valence-corrected chi connectivity index (χ3v) is 5.37. The molecule has 11 heteroatoms. The summed E-state index contributed by atoms with van der Waals surface area (Å²) in [4.78, 5) is 36.3. The number of carbonyl (C=O) groups is 1. The number of hydrogen-bond acceptors (Lipinski definition) is 8. The highest BCUT2D eigenvalue weighted by atomic mass is 32.1. The van der Waals surface area contributed by atoms with E-state index in [1.165, 1.54) is 0 Å². The van der Waals surface area contributed by atoms with Gasteiger partial charge in [0.25, 0.3) is 17.3 Å². The van der Waals surface area contributed by atoms with Crippen molar-refractivity contribution in [2.75, 3.05) is 32.8 Å². The van der Waals surface area contributed by atoms with Gasteiger partial charge in [0.15, 0.2) is 0 Å². The number of nitro benzene ring substituents is 2. The molecule has 0 radical (unpaired) electrons. The number of amides is 1. The highest BCUT2D eigenvalue weighted by Crippen LogP contribution is 2.26. The first-order chi connectivity index (χ1) is 13.5. The maximum Gasteiger partial charge on any atom is 0.277 e. The zero-order chi connectivity index (χ0) is 20.1. The molecule has 1 aliphatic heterocycles. The fourth-order valence-electron chi connectivity index (χ4n) is 3.01. The fraction of sp³-hybridized carbons (Fsp3) is 0.353. The van der Waals surface area contributed by atoms with Crippen LogP contribution in [0.4, 0.5) is 11.4 Å². The summed E-state index contributed by atoms with van der Waals surface area (Å²) in [5, 5.41) is 26.7. The average Bonchev–Trinajstić information content (AvgIpc) is 3.23. The van der Waals surface area contributed by atoms with Gasteiger partial charge in [-0.05, 0) is 11.4 Å². The number of non-ortho nitro benzene ring substituents is 2. The molecule has 148 valence electrons. The van der Waals surface area contributed by atoms with Crippen LogP contribution in [-0.4, -0.2) is 53.5 Å². The van der Waals surface area contributed by atoms with E-state index in [-0.39, 0.29) is 18.2 Å². The molecular formula is C17H18N4O6S. The minimum absolute atomic E-state index is 0.0680. The van der Waals surface area contributed by atoms with Crippen LogP contribution in [-0.2, 0) is 4.74 Å². The van der Waals surface area contributed by atoms with E-state index in [1.807, 2.05) is 17.5 Å². The average molecular weight is 406 g/mol. The predicted molar refractivity (Wildman–Crippen MR) is 102 cm³/mol. The van der Waals surface area contributed by atoms with Crippen LogP contribution in [0.2, 0.25) is 0 Å². The lowest BCUT2D eigenvalue weighted by Gasteiger charge is -2.34. The van der Waals surface area contributed by atoms with E-state index < -0.39 is 27.1 Å². The molecule has 1 aromatic carbocycles. The Morgan fingerprint density at radius 2 is 1.82 bits per heavy atom. The lowest BCUT2D eigenvalue weighted by atomic mass is 10.1. The molecule has 0 aliphatic carbocycles. The van der Waals surface area contributed by atoms with Crippen LogP contribution >= 0.6 is 11.3 Å². The number of nitrogens with zero attached hydrogens (tertiary/aromatic N) is 3. The number of ether oxygens (including phenoxy) is 1. The minimum atomic E-state index is -0.758. The van der Waals surface area contributed by atoms with Crippen LogP contribution in [0.15, 0.2) is 35.7 Å². The molecule has 10 nitrogen and oxygen atoms in total. The molecule has 3 rings (SSSR count). The third-order valence-electron chi connectivity index (χ3n) is 4.40. The largest absolute Gasteiger partial charge is 0.379 e. The van der Waals surface area contributed by atoms with Gasteiger partial charge in [-0.25, -0.2) is 0 Å². The summed E-state index contributed by atoms with van der Waals surface area (Å²) in [6.07, 6.45) is 0. The lowest BCUT2D eigenvalue weighted by Crippen LogP contribution is -2.43. The molecule has 28 heavy (non-hydrogen) atoms. The Bertz CT molecular complexity index is 834. The zero-order valence-corrected chi connectivity index (χ0v) is 15.6. The van der Waals surface area contributed by atoms with E-state index in [2.05, 4.69) is 10.2 Å². The van der Waals surface area contributed by atoms with Crippen molar-refractivity contribution < 1.29 is 19.4 Å². The number of rotatable bonds is 7. The summed E-state index contributed by atoms with van der Waals surface area (Å²) in [5.74, 6) is -0.596. The third kappa shape index (κ3) is 4.68. The van der Waals surface area contributed by atoms with E-state index in [0.717, 1.165) is 36.2 Å². The normalized spacial score (nSPS) is 15.7. The standard InChI is InChI=1S/C17H18N4O6S/c22-17(12-8-13(20(23)24)10-14(9-12)21(25)26)18-11-15(16-2-1-7-28-16)19-3-5-27-6-4-19/h1-2,7-10,15H,3-6,11H2,(H,18,22)/t15-/m0/s1. The van der Waals surface area contributed by atoms with E-state index in [1.54, 1.807) is 11.3 Å². The van der Waals surface area contributed by atoms with Gasteiger partial charge in [0, 0.05) is 36.6 Å². The van der Waals surface area contributed by atoms with Crippen LogP contribution in [0.3, 0.4) is 0 Å². The molecule has 0 unspecified atom stereocenters. The van der Waals surface area contributed by atoms with Gasteiger partial charge in [-0.1, -0.05) is 6.07 Å². The Labute approximate surface area is 164 Å². The molecule has 0 bridgehead atoms. The van der Waals surface area contributed by atoms with Crippen molar-refractivity contribution in [2.45, 2.75) is 6.04 Å². The molecule has 1 N–H and O–H groups in total. The van der Waals surface area contributed by atoms with Gasteiger partial charge in [0.2, 0.25) is 0 Å². The van der Waals surface area contributed by atoms with E-state index in [4.69, 9.17) is 4.74 Å². The molecule has 1 amide bonds. The van der Waals surface area contributed by atoms with Crippen LogP contribution in [0.1, 0.15) is 21.3 Å². The lowest BCUT2D eigenvalue weighted by molar-refractivity contribution is -0.394. The smallest absolute Gasteiger partial charge is 0.277 e. The second-order valence-corrected chi connectivity index (χ2v) is 7.12. The quantitative estimate of drug-likeness (QED) is 0.552. The number of thiophene rings is 1. The van der Waals surface area contributed by atoms with Crippen molar-refractivity contribution in [3.05, 3.63) is 66.4 Å². The zero-order valence-electron chi connectivity index (χ0n) is 14.8. The first kappa shape index (κ1) is 19.9. The van der Waals surface area contributed by atoms with Crippen molar-refractivity contribution in [3.8, 4) is 0 Å². The van der Waals surface area contributed by atoms with Gasteiger partial charge >= 0.3 is 0 Å². The van der Waals surface area contributed by atoms with Crippen molar-refractivity contribution in [1.29, 1.82) is 0 Å². The number of carbonyl (C=O) groups excluding carboxylic acids is 1. The number of benzene rings is 1. The van der Waals surface area contributed by atoms with Gasteiger partial charge < -0.3 is 10.1 Å². The molecule has 1 atom stereocenters. The van der Waals surface area contributed by atoms with E-state index in [0.29, 0.717) is 13.2 Å². The fourth-order valence-corrected chi connectivity index (χ4v) is 3.87. The Morgan fingerprint density at radius 1 is 1.18 bits per heavy atom. The molecule has 1 fully saturated rings. The molecule has 0 saturated carbocycles. The van der Waals surface area contributed by atoms with Crippen molar-refractivity contribution in [3.63, 3.8) is 0 Å². The summed E-state index contributed by atoms with van der Waals surface area (Å²) in [7, 11) is 0. The summed E-state index contributed by atoms with van der Waals surface area (Å²) >= 11 is 1.57. The second kappa shape index (κ2) is 8.87. The van der Waals surface area contributed by atoms with Crippen LogP contribution in [0.25, 0.3) is 0 Å². The Morgan fingerprint density at radius 3 is 2.36 bits per heavy atom. The topological polar surface area (TPSA) is 128 Å². The second-order valence-electron chi connectivity index (χ2n) is 6.14. The molecule has 1 aliphatic rings. The van der Waals surface area contributed by atoms with Gasteiger partial charge in [-0.2, -0.15) is 0 Å². The molecule has 1 aromatic heterocycles. The van der Waals surface area contributed by atoms with Gasteiger partial charge in [-0.3, -0.25) is 29.9 Å². The summed E-state index contributed by atoms with van der Waals surface area (Å²) < 4.78 is 5.38. The van der Waals surface area contributed by atoms with Crippen molar-refractivity contribution in [1.82, 2.24) is 10.2 Å². The SMILES string of the molecule is O=C(NC[C@@H](c1cccs1)N1CCOCC1)c1cc([N+](=O)[O-])cc([N+](=O)[O-])c1. The molecule has 0 spiro atoms. The number of nitrogens with one attached hydrogen (secondary N) is 1. The highest BCUT2D eigenvalue weighted by molar-refractivity contribution is 7.10. The van der Waals surface area contributed by atoms with E-state index >= 15 is 0 Å². The Balaban J connectivity index is 1.77. The molecular weight excluding hydrogens is 388 g/mol. The monoisotopic (exact) mass is 406 g/mol. The number of morpholine rings is 1. The van der Waals surface area contributed by atoms with Crippen LogP contribution in [0, 0.1) is 20.2 Å². The summed E-state index contributed by atoms with van der Waals surface area (Å²) in [6, 6.07) is 6.75. The van der Waals surface area contributed by atoms with E-state index in [9.17, 15) is 25.0 Å². The first-order valence-electron chi connectivity index (χ1n) is 8.53. The summed E-state index contributed by atoms with van der Waals surface area (Å²) in [6.45, 7) is 2.93. The van der Waals surface area contributed by atoms with Gasteiger partial charge in [-0.15, -0.1) is 11.3 Å². The van der Waals surface area contributed by atoms with Gasteiger partial charge in [0.05, 0.1) is 40.7 Å². The maximum absolute atomic E-state index is 12.6.